The third kappa shape index (κ3) is 7.18. The number of amides is 1. The van der Waals surface area contributed by atoms with E-state index in [9.17, 15) is 4.79 Å². The number of hydrogen-bond donors (Lipinski definition) is 0. The first-order valence-corrected chi connectivity index (χ1v) is 6.21. The first kappa shape index (κ1) is 14.2. The van der Waals surface area contributed by atoms with Crippen LogP contribution >= 0.6 is 0 Å². The fourth-order valence-corrected chi connectivity index (χ4v) is 1.51. The first-order valence-electron chi connectivity index (χ1n) is 6.21. The summed E-state index contributed by atoms with van der Waals surface area (Å²) in [5, 5.41) is 0. The highest BCUT2D eigenvalue weighted by Gasteiger charge is 2.03. The van der Waals surface area contributed by atoms with Crippen LogP contribution in [-0.2, 0) is 4.79 Å². The molecule has 0 aliphatic rings. The summed E-state index contributed by atoms with van der Waals surface area (Å²) < 4.78 is 0. The largest absolute Gasteiger partial charge is 0.340 e. The molecular formula is C13H25NO. The molecule has 0 aromatic rings. The quantitative estimate of drug-likeness (QED) is 0.445. The van der Waals surface area contributed by atoms with E-state index in [1.54, 1.807) is 6.08 Å². The molecule has 0 spiro atoms. The van der Waals surface area contributed by atoms with Gasteiger partial charge in [0.25, 0.3) is 0 Å². The van der Waals surface area contributed by atoms with Gasteiger partial charge < -0.3 is 4.90 Å². The van der Waals surface area contributed by atoms with Gasteiger partial charge in [-0.05, 0) is 32.8 Å². The predicted molar refractivity (Wildman–Crippen MR) is 65.8 cm³/mol. The number of nitrogens with zero attached hydrogens (tertiary/aromatic N) is 1. The van der Waals surface area contributed by atoms with Gasteiger partial charge in [-0.2, -0.15) is 0 Å². The van der Waals surface area contributed by atoms with Crippen LogP contribution < -0.4 is 0 Å². The lowest BCUT2D eigenvalue weighted by atomic mass is 10.1. The third-order valence-electron chi connectivity index (χ3n) is 2.56. The van der Waals surface area contributed by atoms with Crippen LogP contribution in [-0.4, -0.2) is 23.9 Å². The summed E-state index contributed by atoms with van der Waals surface area (Å²) in [6.07, 6.45) is 9.82. The highest BCUT2D eigenvalue weighted by Crippen LogP contribution is 2.03. The SMILES string of the molecule is CCCCCC/C=C/C(=O)N(CC)CC. The molecule has 2 heteroatoms. The summed E-state index contributed by atoms with van der Waals surface area (Å²) in [6.45, 7) is 7.83. The molecule has 0 unspecified atom stereocenters. The van der Waals surface area contributed by atoms with Crippen molar-refractivity contribution in [2.24, 2.45) is 0 Å². The summed E-state index contributed by atoms with van der Waals surface area (Å²) in [5.41, 5.74) is 0. The van der Waals surface area contributed by atoms with Crippen LogP contribution in [0.3, 0.4) is 0 Å². The number of allylic oxidation sites excluding steroid dienone is 1. The first-order chi connectivity index (χ1) is 7.26. The molecule has 0 heterocycles. The number of carbonyl (C=O) groups is 1. The van der Waals surface area contributed by atoms with E-state index >= 15 is 0 Å². The minimum atomic E-state index is 0.149. The van der Waals surface area contributed by atoms with Crippen molar-refractivity contribution >= 4 is 5.91 Å². The van der Waals surface area contributed by atoms with Crippen molar-refractivity contribution in [3.63, 3.8) is 0 Å². The highest BCUT2D eigenvalue weighted by atomic mass is 16.2. The van der Waals surface area contributed by atoms with Gasteiger partial charge in [0.2, 0.25) is 5.91 Å². The van der Waals surface area contributed by atoms with Crippen molar-refractivity contribution in [2.45, 2.75) is 52.9 Å². The second kappa shape index (κ2) is 9.75. The number of unbranched alkanes of at least 4 members (excludes halogenated alkanes) is 4. The molecule has 2 nitrogen and oxygen atoms in total. The second-order valence-corrected chi connectivity index (χ2v) is 3.76. The Balaban J connectivity index is 3.62. The lowest BCUT2D eigenvalue weighted by molar-refractivity contribution is -0.125. The summed E-state index contributed by atoms with van der Waals surface area (Å²) in [4.78, 5) is 13.4. The molecule has 0 aromatic carbocycles. The van der Waals surface area contributed by atoms with Crippen LogP contribution in [0.15, 0.2) is 12.2 Å². The number of carbonyl (C=O) groups excluding carboxylic acids is 1. The van der Waals surface area contributed by atoms with Crippen molar-refractivity contribution in [3.05, 3.63) is 12.2 Å². The van der Waals surface area contributed by atoms with Gasteiger partial charge >= 0.3 is 0 Å². The van der Waals surface area contributed by atoms with Crippen molar-refractivity contribution < 1.29 is 4.79 Å². The zero-order valence-corrected chi connectivity index (χ0v) is 10.5. The molecule has 0 aliphatic heterocycles. The van der Waals surface area contributed by atoms with Gasteiger partial charge in [-0.1, -0.05) is 32.3 Å². The van der Waals surface area contributed by atoms with Gasteiger partial charge in [0.15, 0.2) is 0 Å². The van der Waals surface area contributed by atoms with E-state index in [2.05, 4.69) is 6.92 Å². The van der Waals surface area contributed by atoms with Gasteiger partial charge in [-0.25, -0.2) is 0 Å². The minimum absolute atomic E-state index is 0.149. The van der Waals surface area contributed by atoms with E-state index in [-0.39, 0.29) is 5.91 Å². The Bertz CT molecular complexity index is 183. The monoisotopic (exact) mass is 211 g/mol. The van der Waals surface area contributed by atoms with Gasteiger partial charge in [-0.15, -0.1) is 0 Å². The maximum absolute atomic E-state index is 11.5. The van der Waals surface area contributed by atoms with Crippen molar-refractivity contribution in [1.82, 2.24) is 4.90 Å². The van der Waals surface area contributed by atoms with Gasteiger partial charge in [0, 0.05) is 13.1 Å². The minimum Gasteiger partial charge on any atom is -0.340 e. The van der Waals surface area contributed by atoms with E-state index in [1.807, 2.05) is 24.8 Å². The Morgan fingerprint density at radius 1 is 1.07 bits per heavy atom. The molecule has 1 amide bonds. The van der Waals surface area contributed by atoms with Crippen LogP contribution in [0.25, 0.3) is 0 Å². The number of rotatable bonds is 8. The molecule has 0 saturated carbocycles. The van der Waals surface area contributed by atoms with Gasteiger partial charge in [0.05, 0.1) is 0 Å². The molecule has 15 heavy (non-hydrogen) atoms. The van der Waals surface area contributed by atoms with Gasteiger partial charge in [0.1, 0.15) is 0 Å². The Labute approximate surface area is 94.4 Å². The Hall–Kier alpha value is -0.790. The van der Waals surface area contributed by atoms with E-state index in [1.165, 1.54) is 25.7 Å². The summed E-state index contributed by atoms with van der Waals surface area (Å²) in [6, 6.07) is 0. The molecule has 0 rings (SSSR count). The molecular weight excluding hydrogens is 186 g/mol. The van der Waals surface area contributed by atoms with Crippen LogP contribution in [0.4, 0.5) is 0 Å². The van der Waals surface area contributed by atoms with Crippen molar-refractivity contribution in [1.29, 1.82) is 0 Å². The topological polar surface area (TPSA) is 20.3 Å². The fourth-order valence-electron chi connectivity index (χ4n) is 1.51. The molecule has 0 saturated heterocycles. The maximum atomic E-state index is 11.5. The maximum Gasteiger partial charge on any atom is 0.246 e. The fraction of sp³-hybridized carbons (Fsp3) is 0.769. The summed E-state index contributed by atoms with van der Waals surface area (Å²) in [7, 11) is 0. The lowest BCUT2D eigenvalue weighted by Crippen LogP contribution is -2.28. The molecule has 0 aliphatic carbocycles. The van der Waals surface area contributed by atoms with E-state index in [0.29, 0.717) is 0 Å². The van der Waals surface area contributed by atoms with Crippen LogP contribution in [0.5, 0.6) is 0 Å². The van der Waals surface area contributed by atoms with Crippen LogP contribution in [0.1, 0.15) is 52.9 Å². The Kier molecular flexibility index (Phi) is 9.24. The molecule has 0 fully saturated rings. The zero-order valence-electron chi connectivity index (χ0n) is 10.5. The average Bonchev–Trinajstić information content (AvgIpc) is 2.25. The van der Waals surface area contributed by atoms with Gasteiger partial charge in [-0.3, -0.25) is 4.79 Å². The molecule has 0 radical (unpaired) electrons. The van der Waals surface area contributed by atoms with Crippen LogP contribution in [0, 0.1) is 0 Å². The van der Waals surface area contributed by atoms with Crippen molar-refractivity contribution in [2.75, 3.05) is 13.1 Å². The Morgan fingerprint density at radius 2 is 1.73 bits per heavy atom. The van der Waals surface area contributed by atoms with E-state index < -0.39 is 0 Å². The average molecular weight is 211 g/mol. The predicted octanol–water partition coefficient (Wildman–Crippen LogP) is 3.38. The summed E-state index contributed by atoms with van der Waals surface area (Å²) in [5.74, 6) is 0.149. The number of likely N-dealkylation sites (N-methyl/N-ethyl adjacent to an activating group) is 1. The highest BCUT2D eigenvalue weighted by molar-refractivity contribution is 5.87. The molecule has 0 aromatic heterocycles. The second-order valence-electron chi connectivity index (χ2n) is 3.76. The smallest absolute Gasteiger partial charge is 0.246 e. The molecule has 0 atom stereocenters. The molecule has 0 bridgehead atoms. The Morgan fingerprint density at radius 3 is 2.27 bits per heavy atom. The van der Waals surface area contributed by atoms with E-state index in [0.717, 1.165) is 19.5 Å². The zero-order chi connectivity index (χ0) is 11.5. The normalized spacial score (nSPS) is 10.9. The standard InChI is InChI=1S/C13H25NO/c1-4-7-8-9-10-11-12-13(15)14(5-2)6-3/h11-12H,4-10H2,1-3H3/b12-11+. The lowest BCUT2D eigenvalue weighted by Gasteiger charge is -2.15. The van der Waals surface area contributed by atoms with Crippen molar-refractivity contribution in [3.8, 4) is 0 Å². The third-order valence-corrected chi connectivity index (χ3v) is 2.56. The molecule has 88 valence electrons. The molecule has 0 N–H and O–H groups in total. The van der Waals surface area contributed by atoms with Crippen LogP contribution in [0.2, 0.25) is 0 Å². The number of hydrogen-bond acceptors (Lipinski definition) is 1. The summed E-state index contributed by atoms with van der Waals surface area (Å²) >= 11 is 0. The van der Waals surface area contributed by atoms with E-state index in [4.69, 9.17) is 0 Å².